The van der Waals surface area contributed by atoms with Crippen molar-refractivity contribution in [3.8, 4) is 0 Å². The zero-order valence-electron chi connectivity index (χ0n) is 17.5. The summed E-state index contributed by atoms with van der Waals surface area (Å²) in [5.41, 5.74) is -1.24. The fraction of sp³-hybridized carbons (Fsp3) is 0.650. The van der Waals surface area contributed by atoms with E-state index >= 15 is 0 Å². The predicted octanol–water partition coefficient (Wildman–Crippen LogP) is 4.08. The first-order valence-corrected chi connectivity index (χ1v) is 11.9. The van der Waals surface area contributed by atoms with E-state index < -0.39 is 44.1 Å². The van der Waals surface area contributed by atoms with Gasteiger partial charge in [0.05, 0.1) is 22.0 Å². The molecule has 1 aromatic rings. The van der Waals surface area contributed by atoms with E-state index in [0.717, 1.165) is 42.1 Å². The molecule has 0 spiro atoms. The highest BCUT2D eigenvalue weighted by Gasteiger charge is 2.36. The number of nitrogens with zero attached hydrogens (tertiary/aromatic N) is 1. The van der Waals surface area contributed by atoms with Crippen molar-refractivity contribution in [2.75, 3.05) is 26.8 Å². The molecule has 1 aromatic carbocycles. The predicted molar refractivity (Wildman–Crippen MR) is 111 cm³/mol. The molecule has 0 atom stereocenters. The van der Waals surface area contributed by atoms with Crippen molar-refractivity contribution in [1.29, 1.82) is 0 Å². The topological polar surface area (TPSA) is 75.7 Å². The quantitative estimate of drug-likeness (QED) is 0.536. The van der Waals surface area contributed by atoms with Crippen molar-refractivity contribution >= 4 is 27.5 Å². The van der Waals surface area contributed by atoms with Gasteiger partial charge in [-0.15, -0.1) is 0 Å². The minimum absolute atomic E-state index is 0.0282. The van der Waals surface area contributed by atoms with E-state index in [1.165, 1.54) is 7.11 Å². The third kappa shape index (κ3) is 7.34. The van der Waals surface area contributed by atoms with Gasteiger partial charge < -0.3 is 10.1 Å². The fourth-order valence-electron chi connectivity index (χ4n) is 3.54. The van der Waals surface area contributed by atoms with Gasteiger partial charge in [0.25, 0.3) is 0 Å². The first kappa shape index (κ1) is 25.9. The van der Waals surface area contributed by atoms with Crippen LogP contribution in [0.25, 0.3) is 0 Å². The Kier molecular flexibility index (Phi) is 9.17. The summed E-state index contributed by atoms with van der Waals surface area (Å²) in [6.45, 7) is 1.82. The second-order valence-electron chi connectivity index (χ2n) is 7.85. The van der Waals surface area contributed by atoms with Crippen molar-refractivity contribution < 1.29 is 31.1 Å². The van der Waals surface area contributed by atoms with Crippen molar-refractivity contribution in [3.05, 3.63) is 28.8 Å². The first-order valence-electron chi connectivity index (χ1n) is 10.1. The van der Waals surface area contributed by atoms with Crippen LogP contribution in [0, 0.1) is 5.92 Å². The number of nitrogens with one attached hydrogen (secondary N) is 1. The largest absolute Gasteiger partial charge is 0.417 e. The number of hydrogen-bond donors (Lipinski definition) is 1. The van der Waals surface area contributed by atoms with Crippen LogP contribution >= 0.6 is 11.6 Å². The molecule has 0 aromatic heterocycles. The van der Waals surface area contributed by atoms with E-state index in [-0.39, 0.29) is 25.6 Å². The first-order chi connectivity index (χ1) is 14.4. The summed E-state index contributed by atoms with van der Waals surface area (Å²) in [6, 6.07) is 2.38. The van der Waals surface area contributed by atoms with Crippen LogP contribution < -0.4 is 5.32 Å². The Labute approximate surface area is 186 Å². The van der Waals surface area contributed by atoms with E-state index in [1.54, 1.807) is 0 Å². The van der Waals surface area contributed by atoms with Crippen LogP contribution in [0.1, 0.15) is 44.6 Å². The monoisotopic (exact) mass is 484 g/mol. The third-order valence-electron chi connectivity index (χ3n) is 5.34. The summed E-state index contributed by atoms with van der Waals surface area (Å²) in [7, 11) is -2.92. The van der Waals surface area contributed by atoms with Crippen molar-refractivity contribution in [2.45, 2.75) is 56.1 Å². The number of methoxy groups -OCH3 is 1. The highest BCUT2D eigenvalue weighted by atomic mass is 35.5. The molecule has 1 aliphatic rings. The minimum atomic E-state index is -4.81. The van der Waals surface area contributed by atoms with Gasteiger partial charge in [0.1, 0.15) is 0 Å². The van der Waals surface area contributed by atoms with Gasteiger partial charge in [-0.1, -0.05) is 18.5 Å². The zero-order valence-corrected chi connectivity index (χ0v) is 19.1. The van der Waals surface area contributed by atoms with Crippen LogP contribution in [0.15, 0.2) is 23.1 Å². The zero-order chi connectivity index (χ0) is 23.2. The maximum absolute atomic E-state index is 13.2. The number of ether oxygens (including phenoxy) is 1. The van der Waals surface area contributed by atoms with E-state index in [4.69, 9.17) is 16.3 Å². The summed E-state index contributed by atoms with van der Waals surface area (Å²) in [5, 5.41) is 2.26. The summed E-state index contributed by atoms with van der Waals surface area (Å²) >= 11 is 5.61. The molecule has 0 saturated heterocycles. The van der Waals surface area contributed by atoms with Crippen LogP contribution in [0.5, 0.6) is 0 Å². The van der Waals surface area contributed by atoms with Gasteiger partial charge in [0, 0.05) is 26.3 Å². The molecule has 1 N–H and O–H groups in total. The fourth-order valence-corrected chi connectivity index (χ4v) is 5.22. The number of rotatable bonds is 9. The lowest BCUT2D eigenvalue weighted by molar-refractivity contribution is -0.137. The second kappa shape index (κ2) is 11.0. The number of carbonyl (C=O) groups is 1. The van der Waals surface area contributed by atoms with Gasteiger partial charge in [-0.3, -0.25) is 4.79 Å². The maximum atomic E-state index is 13.2. The molecule has 31 heavy (non-hydrogen) atoms. The van der Waals surface area contributed by atoms with Crippen molar-refractivity contribution in [3.63, 3.8) is 0 Å². The Morgan fingerprint density at radius 2 is 1.90 bits per heavy atom. The average Bonchev–Trinajstić information content (AvgIpc) is 2.68. The third-order valence-corrected chi connectivity index (χ3v) is 7.51. The van der Waals surface area contributed by atoms with E-state index in [0.29, 0.717) is 12.0 Å². The van der Waals surface area contributed by atoms with Crippen LogP contribution in [0.2, 0.25) is 5.02 Å². The Morgan fingerprint density at radius 3 is 2.48 bits per heavy atom. The number of benzene rings is 1. The van der Waals surface area contributed by atoms with E-state index in [2.05, 4.69) is 12.2 Å². The second-order valence-corrected chi connectivity index (χ2v) is 10.2. The Morgan fingerprint density at radius 1 is 1.26 bits per heavy atom. The summed E-state index contributed by atoms with van der Waals surface area (Å²) in [5.74, 6) is 0.109. The highest BCUT2D eigenvalue weighted by molar-refractivity contribution is 7.89. The molecule has 176 valence electrons. The highest BCUT2D eigenvalue weighted by Crippen LogP contribution is 2.36. The number of hydrogen-bond acceptors (Lipinski definition) is 4. The number of sulfonamides is 1. The molecular weight excluding hydrogens is 457 g/mol. The average molecular weight is 485 g/mol. The standard InChI is InChI=1S/C20H28ClF3N2O4S/c1-14-4-6-15(7-5-14)25-19(27)13-26(10-3-11-30-2)31(28,29)16-8-9-18(21)17(12-16)20(22,23)24/h8-9,12,14-15H,3-7,10-11,13H2,1-2H3,(H,25,27). The molecular formula is C20H28ClF3N2O4S. The minimum Gasteiger partial charge on any atom is -0.385 e. The lowest BCUT2D eigenvalue weighted by atomic mass is 9.87. The molecule has 1 aliphatic carbocycles. The molecule has 6 nitrogen and oxygen atoms in total. The normalized spacial score (nSPS) is 20.1. The number of halogens is 4. The van der Waals surface area contributed by atoms with Gasteiger partial charge in [-0.2, -0.15) is 17.5 Å². The van der Waals surface area contributed by atoms with Crippen LogP contribution in [0.4, 0.5) is 13.2 Å². The van der Waals surface area contributed by atoms with Crippen LogP contribution in [0.3, 0.4) is 0 Å². The van der Waals surface area contributed by atoms with E-state index in [1.807, 2.05) is 0 Å². The van der Waals surface area contributed by atoms with Gasteiger partial charge in [0.2, 0.25) is 15.9 Å². The van der Waals surface area contributed by atoms with E-state index in [9.17, 15) is 26.4 Å². The van der Waals surface area contributed by atoms with Crippen molar-refractivity contribution in [1.82, 2.24) is 9.62 Å². The SMILES string of the molecule is COCCCN(CC(=O)NC1CCC(C)CC1)S(=O)(=O)c1ccc(Cl)c(C(F)(F)F)c1. The van der Waals surface area contributed by atoms with Gasteiger partial charge in [-0.05, 0) is 56.2 Å². The molecule has 1 saturated carbocycles. The van der Waals surface area contributed by atoms with Crippen molar-refractivity contribution in [2.24, 2.45) is 5.92 Å². The molecule has 0 heterocycles. The smallest absolute Gasteiger partial charge is 0.385 e. The molecule has 1 fully saturated rings. The number of carbonyl (C=O) groups excluding carboxylic acids is 1. The summed E-state index contributed by atoms with van der Waals surface area (Å²) in [4.78, 5) is 12.0. The Bertz CT molecular complexity index is 856. The number of alkyl halides is 3. The lowest BCUT2D eigenvalue weighted by Gasteiger charge is -2.28. The molecule has 11 heteroatoms. The van der Waals surface area contributed by atoms with Gasteiger partial charge in [0.15, 0.2) is 0 Å². The molecule has 0 unspecified atom stereocenters. The van der Waals surface area contributed by atoms with Crippen LogP contribution in [-0.4, -0.2) is 51.5 Å². The van der Waals surface area contributed by atoms with Crippen LogP contribution in [-0.2, 0) is 25.7 Å². The molecule has 2 rings (SSSR count). The molecule has 0 bridgehead atoms. The lowest BCUT2D eigenvalue weighted by Crippen LogP contribution is -2.45. The molecule has 1 amide bonds. The van der Waals surface area contributed by atoms with Gasteiger partial charge >= 0.3 is 6.18 Å². The summed E-state index contributed by atoms with van der Waals surface area (Å²) in [6.07, 6.45) is -0.939. The maximum Gasteiger partial charge on any atom is 0.417 e. The summed E-state index contributed by atoms with van der Waals surface area (Å²) < 4.78 is 71.6. The molecule has 0 aliphatic heterocycles. The molecule has 0 radical (unpaired) electrons. The van der Waals surface area contributed by atoms with Gasteiger partial charge in [-0.25, -0.2) is 8.42 Å². The Balaban J connectivity index is 2.22. The number of amides is 1. The Hall–Kier alpha value is -1.36.